The molecule has 530 valence electrons. The molecule has 0 saturated carbocycles. The first-order valence-electron chi connectivity index (χ1n) is 28.4. The summed E-state index contributed by atoms with van der Waals surface area (Å²) in [6.45, 7) is 3.67. The molecule has 0 spiro atoms. The van der Waals surface area contributed by atoms with E-state index in [1.165, 1.54) is 97.1 Å². The lowest BCUT2D eigenvalue weighted by Crippen LogP contribution is -2.13. The summed E-state index contributed by atoms with van der Waals surface area (Å²) in [7, 11) is -28.4. The molecule has 3 heterocycles. The zero-order chi connectivity index (χ0) is 74.5. The summed E-state index contributed by atoms with van der Waals surface area (Å²) in [5, 5.41) is 21.1. The average molecular weight is 1560 g/mol. The number of nitrogens with zero attached hydrogens (tertiary/aromatic N) is 2. The lowest BCUT2D eigenvalue weighted by atomic mass is 10.1. The van der Waals surface area contributed by atoms with Gasteiger partial charge in [-0.1, -0.05) is 121 Å². The maximum atomic E-state index is 11.2. The normalized spacial score (nSPS) is 13.3. The smallest absolute Gasteiger partial charge is 0.440 e. The van der Waals surface area contributed by atoms with E-state index in [9.17, 15) is 70.7 Å². The Hall–Kier alpha value is -10.2. The van der Waals surface area contributed by atoms with Crippen LogP contribution in [0.3, 0.4) is 0 Å². The van der Waals surface area contributed by atoms with E-state index in [2.05, 4.69) is 0 Å². The highest BCUT2D eigenvalue weighted by atomic mass is 32.2. The number of non-ortho nitro benzene ring substituents is 2. The molecule has 0 bridgehead atoms. The van der Waals surface area contributed by atoms with Gasteiger partial charge in [0.15, 0.2) is 0 Å². The van der Waals surface area contributed by atoms with Crippen molar-refractivity contribution in [1.29, 1.82) is 0 Å². The molecule has 39 heteroatoms. The quantitative estimate of drug-likeness (QED) is 0.0231. The highest BCUT2D eigenvalue weighted by Crippen LogP contribution is 2.33. The van der Waals surface area contributed by atoms with Gasteiger partial charge in [0.2, 0.25) is 0 Å². The Labute approximate surface area is 588 Å². The number of rotatable bonds is 11. The number of carbonyl (C=O) groups excluding carboxylic acids is 3. The fourth-order valence-electron chi connectivity index (χ4n) is 9.44. The van der Waals surface area contributed by atoms with Crippen molar-refractivity contribution >= 4 is 158 Å². The summed E-state index contributed by atoms with van der Waals surface area (Å²) in [5.74, 6) is 4.57. The monoisotopic (exact) mass is 1560 g/mol. The van der Waals surface area contributed by atoms with Crippen molar-refractivity contribution in [2.75, 3.05) is 0 Å². The lowest BCUT2D eigenvalue weighted by Gasteiger charge is -2.15. The van der Waals surface area contributed by atoms with Gasteiger partial charge in [0, 0.05) is 63.0 Å². The van der Waals surface area contributed by atoms with Crippen molar-refractivity contribution in [3.05, 3.63) is 273 Å². The van der Waals surface area contributed by atoms with Crippen molar-refractivity contribution in [1.82, 2.24) is 0 Å². The Bertz CT molecular complexity index is 5300. The fourth-order valence-corrected chi connectivity index (χ4v) is 15.5. The first kappa shape index (κ1) is 77.5. The van der Waals surface area contributed by atoms with Gasteiger partial charge in [-0.05, 0) is 73.7 Å². The van der Waals surface area contributed by atoms with Crippen LogP contribution in [0, 0.1) is 20.2 Å². The third-order valence-electron chi connectivity index (χ3n) is 14.0. The second-order valence-electron chi connectivity index (χ2n) is 20.7. The van der Waals surface area contributed by atoms with Crippen molar-refractivity contribution < 1.29 is 113 Å². The third-order valence-corrected chi connectivity index (χ3v) is 21.8. The molecule has 30 nitrogen and oxygen atoms in total. The Morgan fingerprint density at radius 3 is 1.05 bits per heavy atom. The molecule has 0 radical (unpaired) electrons. The van der Waals surface area contributed by atoms with E-state index in [1.54, 1.807) is 24.3 Å². The minimum absolute atomic E-state index is 0.0233. The van der Waals surface area contributed by atoms with E-state index in [-0.39, 0.29) is 43.7 Å². The predicted octanol–water partition coefficient (Wildman–Crippen LogP) is 9.25. The summed E-state index contributed by atoms with van der Waals surface area (Å²) in [5.41, 5.74) is 3.89. The second kappa shape index (κ2) is 32.6. The number of allylic oxidation sites excluding steroid dienone is 3. The Balaban J connectivity index is 0.000000156. The summed E-state index contributed by atoms with van der Waals surface area (Å²) in [6.07, 6.45) is 3.73. The van der Waals surface area contributed by atoms with Gasteiger partial charge in [0.1, 0.15) is 40.7 Å². The fraction of sp³-hybridized carbons (Fsp3) is 0.0317. The van der Waals surface area contributed by atoms with E-state index in [4.69, 9.17) is 52.9 Å². The molecule has 0 aliphatic carbocycles. The molecular weight excluding hydrogens is 1510 g/mol. The van der Waals surface area contributed by atoms with Crippen molar-refractivity contribution in [2.45, 2.75) is 43.2 Å². The third kappa shape index (κ3) is 20.3. The first-order chi connectivity index (χ1) is 47.9. The SMILES string of the molecule is C1=C(c2ccccc2)O[SiH-][O+]=C1c1ccccc1.CC1=CC(c2ccc([N+](=O)[O-])cc2)=[O+][SiH-]O1.CC1=[O+][SiH-]Oc2cc([N+](=O)[O-])ccc21.O=S(=O)(O)c1ccc(S(=O)(=O)O)c2ccccc12.O=S(=O)(O)c1ccc(S(=O)(=O)O)c2ccccc12.O=S(=O)(O)c1cccc2c(S(=O)(=O)O)cccc12. The Kier molecular flexibility index (Phi) is 24.8. The number of fused-ring (bicyclic) bond motifs is 4. The number of hydrogen-bond acceptors (Lipinski definition) is 19. The highest BCUT2D eigenvalue weighted by Gasteiger charge is 2.25. The zero-order valence-electron chi connectivity index (χ0n) is 52.1. The van der Waals surface area contributed by atoms with Gasteiger partial charge in [-0.2, -0.15) is 50.5 Å². The van der Waals surface area contributed by atoms with Gasteiger partial charge < -0.3 is 25.6 Å². The Morgan fingerprint density at radius 2 is 0.667 bits per heavy atom. The van der Waals surface area contributed by atoms with E-state index < -0.39 is 130 Å². The molecule has 10 aromatic rings. The minimum Gasteiger partial charge on any atom is -0.621 e. The second-order valence-corrected chi connectivity index (χ2v) is 31.0. The molecular formula is C63H52N2O28S6Si3. The van der Waals surface area contributed by atoms with Gasteiger partial charge in [0.25, 0.3) is 89.4 Å². The van der Waals surface area contributed by atoms with E-state index in [0.717, 1.165) is 81.7 Å². The molecule has 6 N–H and O–H groups in total. The number of hydrogen-bond donors (Lipinski definition) is 6. The van der Waals surface area contributed by atoms with Gasteiger partial charge in [-0.25, -0.2) is 0 Å². The number of ketones is 3. The van der Waals surface area contributed by atoms with Gasteiger partial charge in [-0.3, -0.25) is 47.5 Å². The minimum atomic E-state index is -4.47. The van der Waals surface area contributed by atoms with E-state index >= 15 is 0 Å². The van der Waals surface area contributed by atoms with Gasteiger partial charge in [0.05, 0.1) is 50.7 Å². The van der Waals surface area contributed by atoms with E-state index in [0.29, 0.717) is 11.5 Å². The van der Waals surface area contributed by atoms with Crippen LogP contribution in [0.2, 0.25) is 0 Å². The molecule has 13 rings (SSSR count). The van der Waals surface area contributed by atoms with Crippen molar-refractivity contribution in [3.8, 4) is 5.75 Å². The van der Waals surface area contributed by atoms with Crippen LogP contribution < -0.4 is 4.43 Å². The van der Waals surface area contributed by atoms with Crippen LogP contribution in [0.5, 0.6) is 5.75 Å². The van der Waals surface area contributed by atoms with Crippen molar-refractivity contribution in [3.63, 3.8) is 0 Å². The topological polar surface area (TPSA) is 474 Å². The molecule has 102 heavy (non-hydrogen) atoms. The van der Waals surface area contributed by atoms with Crippen LogP contribution in [0.4, 0.5) is 11.4 Å². The molecule has 0 fully saturated rings. The van der Waals surface area contributed by atoms with Crippen LogP contribution in [-0.4, -0.2) is 135 Å². The lowest BCUT2D eigenvalue weighted by molar-refractivity contribution is -0.385. The average Bonchev–Trinajstić information content (AvgIpc) is 0.771. The molecule has 0 saturated heterocycles. The molecule has 10 aromatic carbocycles. The molecule has 0 amide bonds. The summed E-state index contributed by atoms with van der Waals surface area (Å²) >= 11 is 0. The van der Waals surface area contributed by atoms with Crippen molar-refractivity contribution in [2.24, 2.45) is 0 Å². The van der Waals surface area contributed by atoms with Gasteiger partial charge >= 0.3 is 30.0 Å². The number of benzene rings is 10. The predicted molar refractivity (Wildman–Crippen MR) is 374 cm³/mol. The number of nitro benzene ring substituents is 2. The first-order valence-corrected chi connectivity index (χ1v) is 39.9. The largest absolute Gasteiger partial charge is 0.621 e. The molecule has 0 unspecified atom stereocenters. The summed E-state index contributed by atoms with van der Waals surface area (Å²) < 4.78 is 220. The van der Waals surface area contributed by atoms with E-state index in [1.807, 2.05) is 80.6 Å². The van der Waals surface area contributed by atoms with Crippen LogP contribution in [0.15, 0.2) is 260 Å². The summed E-state index contributed by atoms with van der Waals surface area (Å²) in [6, 6.07) is 53.5. The Morgan fingerprint density at radius 1 is 0.343 bits per heavy atom. The van der Waals surface area contributed by atoms with Crippen LogP contribution in [0.1, 0.15) is 48.4 Å². The standard InChI is InChI=1S/C15H12O2Si.C10H9NO4Si.3C10H8O6S2.C8H7NO4Si/c1-3-7-12(8-4-1)14-11-15(17-18-16-14)13-9-5-2-6-10-13;1-7-6-10(15-16-14-7)8-2-4-9(5-3-8)11(12)13;11-17(12,13)9-5-1-3-7-8(9)4-2-6-10(7)18(14,15)16;2*11-17(12,13)9-5-6-10(18(14,15)16)8-4-2-1-3-7(8)9;1-5-7-3-2-6(9(10)11)4-8(7)13-14-12-5/h1-11,18H;2-6,16H,1H3;3*1-6H,(H,11,12,13)(H,14,15,16);2-4,14H,1H3. The van der Waals surface area contributed by atoms with Gasteiger partial charge in [-0.15, -0.1) is 0 Å². The molecule has 3 aliphatic heterocycles. The van der Waals surface area contributed by atoms with Crippen LogP contribution in [-0.2, 0) is 69.6 Å². The molecule has 0 atom stereocenters. The number of nitro groups is 2. The van der Waals surface area contributed by atoms with Crippen LogP contribution >= 0.6 is 0 Å². The summed E-state index contributed by atoms with van der Waals surface area (Å²) in [4.78, 5) is 17.6. The maximum absolute atomic E-state index is 11.2. The highest BCUT2D eigenvalue weighted by molar-refractivity contribution is 7.87. The molecule has 3 aliphatic rings. The molecule has 0 aromatic heterocycles. The van der Waals surface area contributed by atoms with Crippen LogP contribution in [0.25, 0.3) is 38.1 Å². The zero-order valence-corrected chi connectivity index (χ0v) is 60.5. The maximum Gasteiger partial charge on any atom is 0.440 e.